The number of methoxy groups -OCH3 is 1. The molecule has 2 aromatic rings. The molecule has 1 saturated heterocycles. The van der Waals surface area contributed by atoms with Gasteiger partial charge in [0.2, 0.25) is 10.0 Å². The zero-order valence-electron chi connectivity index (χ0n) is 22.1. The lowest BCUT2D eigenvalue weighted by Gasteiger charge is -2.36. The number of ether oxygens (including phenoxy) is 2. The van der Waals surface area contributed by atoms with Gasteiger partial charge in [0.15, 0.2) is 0 Å². The molecule has 0 unspecified atom stereocenters. The molecule has 2 aliphatic rings. The maximum absolute atomic E-state index is 13.1. The van der Waals surface area contributed by atoms with Crippen LogP contribution in [0.1, 0.15) is 32.6 Å². The normalized spacial score (nSPS) is 16.4. The number of nitrogens with zero attached hydrogens (tertiary/aromatic N) is 3. The average Bonchev–Trinajstić information content (AvgIpc) is 2.88. The average molecular weight is 548 g/mol. The van der Waals surface area contributed by atoms with Gasteiger partial charge >= 0.3 is 5.97 Å². The third kappa shape index (κ3) is 6.42. The lowest BCUT2D eigenvalue weighted by molar-refractivity contribution is -0.141. The smallest absolute Gasteiger partial charge is 0.302 e. The molecule has 0 saturated carbocycles. The van der Waals surface area contributed by atoms with E-state index in [2.05, 4.69) is 9.80 Å². The SMILES string of the molecule is COc1ccc2c(c1)N(CCCN1CCC(CCOC(C)=O)CC1)c1cccc(S(=O)(=O)N(C)C)c1S2. The van der Waals surface area contributed by atoms with Crippen molar-refractivity contribution in [3.05, 3.63) is 36.4 Å². The molecule has 0 N–H and O–H groups in total. The lowest BCUT2D eigenvalue weighted by atomic mass is 9.94. The highest BCUT2D eigenvalue weighted by atomic mass is 32.2. The van der Waals surface area contributed by atoms with Crippen molar-refractivity contribution in [2.24, 2.45) is 5.92 Å². The first-order valence-corrected chi connectivity index (χ1v) is 15.0. The van der Waals surface area contributed by atoms with Crippen LogP contribution in [0.4, 0.5) is 11.4 Å². The zero-order valence-corrected chi connectivity index (χ0v) is 23.7. The van der Waals surface area contributed by atoms with E-state index in [0.717, 1.165) is 78.8 Å². The highest BCUT2D eigenvalue weighted by molar-refractivity contribution is 8.00. The Morgan fingerprint density at radius 1 is 1.11 bits per heavy atom. The monoisotopic (exact) mass is 547 g/mol. The van der Waals surface area contributed by atoms with Crippen molar-refractivity contribution in [2.45, 2.75) is 47.3 Å². The third-order valence-corrected chi connectivity index (χ3v) is 10.3. The van der Waals surface area contributed by atoms with Crippen LogP contribution in [-0.4, -0.2) is 77.6 Å². The fourth-order valence-corrected chi connectivity index (χ4v) is 7.45. The van der Waals surface area contributed by atoms with Gasteiger partial charge in [0, 0.05) is 38.5 Å². The molecule has 10 heteroatoms. The van der Waals surface area contributed by atoms with Gasteiger partial charge in [-0.1, -0.05) is 17.8 Å². The highest BCUT2D eigenvalue weighted by Gasteiger charge is 2.31. The second-order valence-electron chi connectivity index (χ2n) is 9.75. The molecular weight excluding hydrogens is 510 g/mol. The van der Waals surface area contributed by atoms with Crippen LogP contribution in [0.25, 0.3) is 0 Å². The molecule has 0 spiro atoms. The summed E-state index contributed by atoms with van der Waals surface area (Å²) in [4.78, 5) is 17.9. The first-order valence-electron chi connectivity index (χ1n) is 12.8. The highest BCUT2D eigenvalue weighted by Crippen LogP contribution is 2.51. The number of benzene rings is 2. The van der Waals surface area contributed by atoms with E-state index in [0.29, 0.717) is 17.4 Å². The van der Waals surface area contributed by atoms with E-state index in [9.17, 15) is 13.2 Å². The summed E-state index contributed by atoms with van der Waals surface area (Å²) in [5.74, 6) is 1.18. The number of carbonyl (C=O) groups excluding carboxylic acids is 1. The fraction of sp³-hybridized carbons (Fsp3) is 0.519. The number of sulfonamides is 1. The van der Waals surface area contributed by atoms with Crippen LogP contribution in [-0.2, 0) is 19.6 Å². The van der Waals surface area contributed by atoms with Crippen molar-refractivity contribution in [3.8, 4) is 5.75 Å². The summed E-state index contributed by atoms with van der Waals surface area (Å²) in [5.41, 5.74) is 1.96. The van der Waals surface area contributed by atoms with Gasteiger partial charge in [-0.15, -0.1) is 0 Å². The number of anilines is 2. The van der Waals surface area contributed by atoms with Gasteiger partial charge in [-0.3, -0.25) is 4.79 Å². The molecule has 0 aromatic heterocycles. The topological polar surface area (TPSA) is 79.4 Å². The Labute approximate surface area is 225 Å². The molecule has 0 radical (unpaired) electrons. The van der Waals surface area contributed by atoms with Crippen LogP contribution in [0.2, 0.25) is 0 Å². The molecule has 0 bridgehead atoms. The number of hydrogen-bond donors (Lipinski definition) is 0. The quantitative estimate of drug-likeness (QED) is 0.399. The van der Waals surface area contributed by atoms with Crippen molar-refractivity contribution in [1.82, 2.24) is 9.21 Å². The number of esters is 1. The second kappa shape index (κ2) is 12.1. The van der Waals surface area contributed by atoms with E-state index in [-0.39, 0.29) is 5.97 Å². The number of rotatable bonds is 10. The zero-order chi connectivity index (χ0) is 26.6. The third-order valence-electron chi connectivity index (χ3n) is 7.07. The minimum absolute atomic E-state index is 0.208. The predicted molar refractivity (Wildman–Crippen MR) is 146 cm³/mol. The van der Waals surface area contributed by atoms with Crippen LogP contribution in [0.3, 0.4) is 0 Å². The van der Waals surface area contributed by atoms with E-state index >= 15 is 0 Å². The molecule has 2 heterocycles. The Kier molecular flexibility index (Phi) is 9.05. The minimum Gasteiger partial charge on any atom is -0.497 e. The number of piperidine rings is 1. The number of fused-ring (bicyclic) bond motifs is 2. The summed E-state index contributed by atoms with van der Waals surface area (Å²) in [7, 11) is 1.21. The van der Waals surface area contributed by atoms with Gasteiger partial charge in [-0.2, -0.15) is 0 Å². The van der Waals surface area contributed by atoms with Crippen LogP contribution >= 0.6 is 11.8 Å². The van der Waals surface area contributed by atoms with Crippen molar-refractivity contribution in [3.63, 3.8) is 0 Å². The maximum atomic E-state index is 13.1. The Morgan fingerprint density at radius 3 is 2.54 bits per heavy atom. The Balaban J connectivity index is 1.48. The Hall–Kier alpha value is -2.27. The van der Waals surface area contributed by atoms with Crippen LogP contribution < -0.4 is 9.64 Å². The number of carbonyl (C=O) groups is 1. The largest absolute Gasteiger partial charge is 0.497 e. The van der Waals surface area contributed by atoms with Crippen molar-refractivity contribution < 1.29 is 22.7 Å². The number of likely N-dealkylation sites (tertiary alicyclic amines) is 1. The molecule has 0 atom stereocenters. The molecule has 0 amide bonds. The van der Waals surface area contributed by atoms with Gasteiger partial charge < -0.3 is 19.3 Å². The summed E-state index contributed by atoms with van der Waals surface area (Å²) in [6, 6.07) is 11.5. The molecule has 2 aliphatic heterocycles. The second-order valence-corrected chi connectivity index (χ2v) is 12.9. The summed E-state index contributed by atoms with van der Waals surface area (Å²) in [6.45, 7) is 5.81. The standard InChI is InChI=1S/C27H37N3O5S2/c1-20(31)35-18-13-21-11-16-29(17-12-21)14-6-15-30-23-7-5-8-26(37(32,33)28(2)3)27(23)36-25-10-9-22(34-4)19-24(25)30/h5,7-10,19,21H,6,11-18H2,1-4H3. The number of hydrogen-bond acceptors (Lipinski definition) is 8. The summed E-state index contributed by atoms with van der Waals surface area (Å²) < 4.78 is 38.1. The Morgan fingerprint density at radius 2 is 1.86 bits per heavy atom. The van der Waals surface area contributed by atoms with Gasteiger partial charge in [-0.05, 0) is 75.5 Å². The van der Waals surface area contributed by atoms with Gasteiger partial charge in [-0.25, -0.2) is 12.7 Å². The van der Waals surface area contributed by atoms with E-state index in [1.165, 1.54) is 23.0 Å². The maximum Gasteiger partial charge on any atom is 0.302 e. The van der Waals surface area contributed by atoms with Gasteiger partial charge in [0.25, 0.3) is 0 Å². The Bertz CT molecular complexity index is 1210. The van der Waals surface area contributed by atoms with Crippen LogP contribution in [0.15, 0.2) is 51.1 Å². The first-order chi connectivity index (χ1) is 17.7. The molecule has 8 nitrogen and oxygen atoms in total. The van der Waals surface area contributed by atoms with E-state index < -0.39 is 10.0 Å². The van der Waals surface area contributed by atoms with Crippen LogP contribution in [0.5, 0.6) is 5.75 Å². The molecule has 0 aliphatic carbocycles. The van der Waals surface area contributed by atoms with E-state index in [4.69, 9.17) is 9.47 Å². The lowest BCUT2D eigenvalue weighted by Crippen LogP contribution is -2.36. The minimum atomic E-state index is -3.59. The molecule has 2 aromatic carbocycles. The van der Waals surface area contributed by atoms with Crippen molar-refractivity contribution in [1.29, 1.82) is 0 Å². The first kappa shape index (κ1) is 27.8. The summed E-state index contributed by atoms with van der Waals surface area (Å²) in [6.07, 6.45) is 4.13. The molecule has 202 valence electrons. The molecule has 1 fully saturated rings. The molecule has 37 heavy (non-hydrogen) atoms. The molecule has 4 rings (SSSR count). The van der Waals surface area contributed by atoms with Gasteiger partial charge in [0.1, 0.15) is 5.75 Å². The van der Waals surface area contributed by atoms with Gasteiger partial charge in [0.05, 0.1) is 34.9 Å². The van der Waals surface area contributed by atoms with Crippen molar-refractivity contribution in [2.75, 3.05) is 58.9 Å². The fourth-order valence-electron chi connectivity index (χ4n) is 4.94. The predicted octanol–water partition coefficient (Wildman–Crippen LogP) is 4.60. The summed E-state index contributed by atoms with van der Waals surface area (Å²) >= 11 is 1.50. The summed E-state index contributed by atoms with van der Waals surface area (Å²) in [5, 5.41) is 0. The van der Waals surface area contributed by atoms with Crippen molar-refractivity contribution >= 4 is 39.1 Å². The molecular formula is C27H37N3O5S2. The van der Waals surface area contributed by atoms with E-state index in [1.807, 2.05) is 30.3 Å². The van der Waals surface area contributed by atoms with E-state index in [1.54, 1.807) is 27.3 Å². The van der Waals surface area contributed by atoms with Crippen LogP contribution in [0, 0.1) is 5.92 Å².